The molecule has 1 aliphatic carbocycles. The standard InChI is InChI=1S/C24H27N3O3.ClH/c1-14-5-3-7-18-22(14)26-24(29)27(23(18)28)12-11-19-21-15(13-25-19)9-10-16-17(21)6-4-8-20(16)30-2;/h3-8,15,19,21,25H,9-13H2,1-2H3,(H,26,29);1H. The zero-order chi connectivity index (χ0) is 20.8. The quantitative estimate of drug-likeness (QED) is 0.652. The smallest absolute Gasteiger partial charge is 0.328 e. The van der Waals surface area contributed by atoms with Gasteiger partial charge in [-0.3, -0.25) is 9.36 Å². The van der Waals surface area contributed by atoms with Gasteiger partial charge >= 0.3 is 5.69 Å². The lowest BCUT2D eigenvalue weighted by Crippen LogP contribution is -2.38. The van der Waals surface area contributed by atoms with Gasteiger partial charge in [-0.2, -0.15) is 0 Å². The minimum atomic E-state index is -0.331. The third kappa shape index (κ3) is 3.58. The summed E-state index contributed by atoms with van der Waals surface area (Å²) in [6.07, 6.45) is 2.91. The van der Waals surface area contributed by atoms with E-state index in [4.69, 9.17) is 4.74 Å². The van der Waals surface area contributed by atoms with Gasteiger partial charge in [0.2, 0.25) is 0 Å². The second-order valence-corrected chi connectivity index (χ2v) is 8.54. The zero-order valence-electron chi connectivity index (χ0n) is 17.8. The molecule has 31 heavy (non-hydrogen) atoms. The molecule has 2 N–H and O–H groups in total. The van der Waals surface area contributed by atoms with Crippen LogP contribution in [-0.4, -0.2) is 29.2 Å². The van der Waals surface area contributed by atoms with Gasteiger partial charge in [0.25, 0.3) is 5.56 Å². The van der Waals surface area contributed by atoms with E-state index in [-0.39, 0.29) is 29.7 Å². The summed E-state index contributed by atoms with van der Waals surface area (Å²) in [4.78, 5) is 28.5. The summed E-state index contributed by atoms with van der Waals surface area (Å²) in [5.41, 5.74) is 3.67. The van der Waals surface area contributed by atoms with Crippen LogP contribution in [0.15, 0.2) is 46.0 Å². The molecule has 0 spiro atoms. The molecule has 1 fully saturated rings. The number of halogens is 1. The summed E-state index contributed by atoms with van der Waals surface area (Å²) >= 11 is 0. The Labute approximate surface area is 187 Å². The number of aromatic amines is 1. The Morgan fingerprint density at radius 1 is 1.16 bits per heavy atom. The Hall–Kier alpha value is -2.57. The SMILES string of the molecule is COc1cccc2c1CCC1CNC(CCn3c(=O)[nH]c4c(C)cccc4c3=O)C21.Cl. The Balaban J connectivity index is 0.00000231. The summed E-state index contributed by atoms with van der Waals surface area (Å²) in [7, 11) is 1.73. The number of para-hydroxylation sites is 1. The maximum Gasteiger partial charge on any atom is 0.328 e. The number of aryl methyl sites for hydroxylation is 1. The van der Waals surface area contributed by atoms with E-state index in [0.717, 1.165) is 37.1 Å². The Morgan fingerprint density at radius 3 is 2.77 bits per heavy atom. The number of aromatic nitrogens is 2. The first kappa shape index (κ1) is 21.7. The Kier molecular flexibility index (Phi) is 5.95. The van der Waals surface area contributed by atoms with Gasteiger partial charge in [-0.05, 0) is 67.5 Å². The number of H-pyrrole nitrogens is 1. The van der Waals surface area contributed by atoms with Crippen LogP contribution < -0.4 is 21.3 Å². The summed E-state index contributed by atoms with van der Waals surface area (Å²) in [5.74, 6) is 1.94. The summed E-state index contributed by atoms with van der Waals surface area (Å²) in [6.45, 7) is 3.28. The number of benzene rings is 2. The van der Waals surface area contributed by atoms with Crippen molar-refractivity contribution in [3.63, 3.8) is 0 Å². The number of fused-ring (bicyclic) bond motifs is 4. The van der Waals surface area contributed by atoms with Crippen LogP contribution in [0.1, 0.15) is 35.4 Å². The molecule has 3 atom stereocenters. The first-order chi connectivity index (χ1) is 14.6. The molecule has 0 bridgehead atoms. The second-order valence-electron chi connectivity index (χ2n) is 8.54. The van der Waals surface area contributed by atoms with Crippen molar-refractivity contribution in [3.8, 4) is 5.75 Å². The fourth-order valence-electron chi connectivity index (χ4n) is 5.50. The first-order valence-electron chi connectivity index (χ1n) is 10.7. The van der Waals surface area contributed by atoms with Crippen molar-refractivity contribution in [2.45, 2.75) is 44.7 Å². The maximum absolute atomic E-state index is 13.0. The van der Waals surface area contributed by atoms with Crippen molar-refractivity contribution >= 4 is 23.3 Å². The van der Waals surface area contributed by atoms with E-state index in [0.29, 0.717) is 29.3 Å². The van der Waals surface area contributed by atoms with Crippen molar-refractivity contribution in [1.29, 1.82) is 0 Å². The summed E-state index contributed by atoms with van der Waals surface area (Å²) < 4.78 is 6.95. The molecule has 7 heteroatoms. The highest BCUT2D eigenvalue weighted by molar-refractivity contribution is 5.85. The molecule has 5 rings (SSSR count). The van der Waals surface area contributed by atoms with Crippen LogP contribution in [0.2, 0.25) is 0 Å². The topological polar surface area (TPSA) is 76.1 Å². The Bertz CT molecular complexity index is 1230. The number of ether oxygens (including phenoxy) is 1. The molecule has 1 saturated heterocycles. The number of hydrogen-bond donors (Lipinski definition) is 2. The highest BCUT2D eigenvalue weighted by Gasteiger charge is 2.40. The van der Waals surface area contributed by atoms with E-state index in [9.17, 15) is 9.59 Å². The number of methoxy groups -OCH3 is 1. The van der Waals surface area contributed by atoms with E-state index in [1.54, 1.807) is 13.2 Å². The van der Waals surface area contributed by atoms with E-state index in [1.165, 1.54) is 15.7 Å². The normalized spacial score (nSPS) is 21.9. The minimum Gasteiger partial charge on any atom is -0.496 e. The van der Waals surface area contributed by atoms with Gasteiger partial charge in [-0.1, -0.05) is 24.3 Å². The van der Waals surface area contributed by atoms with Crippen molar-refractivity contribution < 1.29 is 4.74 Å². The maximum atomic E-state index is 13.0. The molecule has 0 radical (unpaired) electrons. The summed E-state index contributed by atoms with van der Waals surface area (Å²) in [5, 5.41) is 4.23. The molecule has 2 aromatic carbocycles. The van der Waals surface area contributed by atoms with Gasteiger partial charge in [0, 0.05) is 18.5 Å². The lowest BCUT2D eigenvalue weighted by molar-refractivity contribution is 0.371. The number of nitrogens with one attached hydrogen (secondary N) is 2. The van der Waals surface area contributed by atoms with Crippen molar-refractivity contribution in [2.75, 3.05) is 13.7 Å². The molecule has 3 unspecified atom stereocenters. The van der Waals surface area contributed by atoms with Crippen LogP contribution >= 0.6 is 12.4 Å². The highest BCUT2D eigenvalue weighted by atomic mass is 35.5. The van der Waals surface area contributed by atoms with E-state index >= 15 is 0 Å². The lowest BCUT2D eigenvalue weighted by Gasteiger charge is -2.32. The number of rotatable bonds is 4. The molecule has 1 aliphatic heterocycles. The molecule has 2 aliphatic rings. The molecule has 6 nitrogen and oxygen atoms in total. The average molecular weight is 442 g/mol. The third-order valence-corrected chi connectivity index (χ3v) is 6.99. The highest BCUT2D eigenvalue weighted by Crippen LogP contribution is 2.45. The molecular weight excluding hydrogens is 414 g/mol. The van der Waals surface area contributed by atoms with Crippen LogP contribution in [0, 0.1) is 12.8 Å². The predicted molar refractivity (Wildman–Crippen MR) is 125 cm³/mol. The number of hydrogen-bond acceptors (Lipinski definition) is 4. The van der Waals surface area contributed by atoms with Crippen molar-refractivity contribution in [3.05, 3.63) is 73.9 Å². The molecule has 164 valence electrons. The van der Waals surface area contributed by atoms with Crippen molar-refractivity contribution in [2.24, 2.45) is 5.92 Å². The van der Waals surface area contributed by atoms with Crippen LogP contribution in [0.5, 0.6) is 5.75 Å². The van der Waals surface area contributed by atoms with Crippen LogP contribution in [-0.2, 0) is 13.0 Å². The molecule has 3 aromatic rings. The van der Waals surface area contributed by atoms with E-state index in [1.807, 2.05) is 25.1 Å². The minimum absolute atomic E-state index is 0. The number of nitrogens with zero attached hydrogens (tertiary/aromatic N) is 1. The fraction of sp³-hybridized carbons (Fsp3) is 0.417. The monoisotopic (exact) mass is 441 g/mol. The van der Waals surface area contributed by atoms with Crippen molar-refractivity contribution in [1.82, 2.24) is 14.9 Å². The van der Waals surface area contributed by atoms with E-state index in [2.05, 4.69) is 22.4 Å². The molecule has 1 aromatic heterocycles. The van der Waals surface area contributed by atoms with Gasteiger partial charge in [-0.15, -0.1) is 12.4 Å². The second kappa shape index (κ2) is 8.52. The van der Waals surface area contributed by atoms with Gasteiger partial charge in [0.1, 0.15) is 5.75 Å². The van der Waals surface area contributed by atoms with Crippen LogP contribution in [0.4, 0.5) is 0 Å². The third-order valence-electron chi connectivity index (χ3n) is 6.99. The molecule has 2 heterocycles. The largest absolute Gasteiger partial charge is 0.496 e. The molecule has 0 amide bonds. The van der Waals surface area contributed by atoms with Gasteiger partial charge in [0.05, 0.1) is 18.0 Å². The van der Waals surface area contributed by atoms with Gasteiger partial charge in [-0.25, -0.2) is 4.79 Å². The Morgan fingerprint density at radius 2 is 1.97 bits per heavy atom. The fourth-order valence-corrected chi connectivity index (χ4v) is 5.50. The lowest BCUT2D eigenvalue weighted by atomic mass is 9.73. The van der Waals surface area contributed by atoms with Gasteiger partial charge in [0.15, 0.2) is 0 Å². The first-order valence-corrected chi connectivity index (χ1v) is 10.7. The van der Waals surface area contributed by atoms with Crippen LogP contribution in [0.25, 0.3) is 10.9 Å². The van der Waals surface area contributed by atoms with E-state index < -0.39 is 0 Å². The van der Waals surface area contributed by atoms with Crippen LogP contribution in [0.3, 0.4) is 0 Å². The molecular formula is C24H28ClN3O3. The average Bonchev–Trinajstić information content (AvgIpc) is 3.17. The zero-order valence-corrected chi connectivity index (χ0v) is 18.6. The molecule has 0 saturated carbocycles. The predicted octanol–water partition coefficient (Wildman–Crippen LogP) is 3.14. The summed E-state index contributed by atoms with van der Waals surface area (Å²) in [6, 6.07) is 12.1. The van der Waals surface area contributed by atoms with Gasteiger partial charge < -0.3 is 15.0 Å².